The van der Waals surface area contributed by atoms with E-state index in [0.717, 1.165) is 5.56 Å². The number of ether oxygens (including phenoxy) is 6. The van der Waals surface area contributed by atoms with Crippen molar-refractivity contribution < 1.29 is 43.1 Å². The van der Waals surface area contributed by atoms with E-state index >= 15 is 0 Å². The number of rotatable bonds is 11. The van der Waals surface area contributed by atoms with Crippen molar-refractivity contribution in [3.63, 3.8) is 0 Å². The molecule has 0 aliphatic carbocycles. The van der Waals surface area contributed by atoms with Gasteiger partial charge in [-0.3, -0.25) is 18.7 Å². The second kappa shape index (κ2) is 14.0. The van der Waals surface area contributed by atoms with E-state index in [1.807, 2.05) is 30.3 Å². The summed E-state index contributed by atoms with van der Waals surface area (Å²) in [4.78, 5) is 49.5. The Balaban J connectivity index is 1.06. The molecular weight excluding hydrogens is 708 g/mol. The van der Waals surface area contributed by atoms with E-state index < -0.39 is 48.8 Å². The molecule has 17 nitrogen and oxygen atoms in total. The molecule has 2 unspecified atom stereocenters. The van der Waals surface area contributed by atoms with Crippen LogP contribution in [0.1, 0.15) is 44.7 Å². The van der Waals surface area contributed by atoms with Gasteiger partial charge in [-0.1, -0.05) is 30.3 Å². The van der Waals surface area contributed by atoms with Crippen molar-refractivity contribution in [3.05, 3.63) is 59.3 Å². The number of nitrogens with zero attached hydrogens (tertiary/aromatic N) is 8. The van der Waals surface area contributed by atoms with Gasteiger partial charge in [0, 0.05) is 26.7 Å². The zero-order valence-corrected chi connectivity index (χ0v) is 27.9. The molecule has 4 aromatic heterocycles. The van der Waals surface area contributed by atoms with Gasteiger partial charge in [0.2, 0.25) is 0 Å². The SMILES string of the molecule is CC(=O)OC[C@H]1O[C@@H](n2c(Br)nc3cnc(OC[C@H]4O[C@@H](n5c(OCc6ccccc6)nc6cncnc65)CC4O)nc32)CC1OC(C)=O. The summed E-state index contributed by atoms with van der Waals surface area (Å²) in [5, 5.41) is 11.0. The first-order valence-electron chi connectivity index (χ1n) is 15.4. The van der Waals surface area contributed by atoms with Crippen LogP contribution in [0.3, 0.4) is 0 Å². The van der Waals surface area contributed by atoms with Gasteiger partial charge in [0.05, 0.1) is 18.5 Å². The summed E-state index contributed by atoms with van der Waals surface area (Å²) in [7, 11) is 0. The molecule has 0 saturated carbocycles. The lowest BCUT2D eigenvalue weighted by atomic mass is 10.2. The number of fused-ring (bicyclic) bond motifs is 2. The number of hydrogen-bond acceptors (Lipinski definition) is 15. The maximum Gasteiger partial charge on any atom is 0.318 e. The second-order valence-corrected chi connectivity index (χ2v) is 12.2. The van der Waals surface area contributed by atoms with E-state index in [1.165, 1.54) is 26.4 Å². The molecule has 0 radical (unpaired) electrons. The van der Waals surface area contributed by atoms with Gasteiger partial charge in [-0.2, -0.15) is 9.97 Å². The van der Waals surface area contributed by atoms with Gasteiger partial charge in [-0.05, 0) is 21.5 Å². The second-order valence-electron chi connectivity index (χ2n) is 11.4. The summed E-state index contributed by atoms with van der Waals surface area (Å²) in [6.07, 6.45) is 0.655. The quantitative estimate of drug-likeness (QED) is 0.153. The molecular formula is C31H31BrN8O9. The van der Waals surface area contributed by atoms with Crippen LogP contribution < -0.4 is 9.47 Å². The molecule has 0 amide bonds. The van der Waals surface area contributed by atoms with Crippen LogP contribution in [0.5, 0.6) is 12.0 Å². The zero-order chi connectivity index (χ0) is 34.1. The predicted molar refractivity (Wildman–Crippen MR) is 170 cm³/mol. The van der Waals surface area contributed by atoms with Gasteiger partial charge in [-0.25, -0.2) is 19.9 Å². The maximum atomic E-state index is 11.8. The molecule has 49 heavy (non-hydrogen) atoms. The van der Waals surface area contributed by atoms with Gasteiger partial charge in [0.1, 0.15) is 67.9 Å². The number of aromatic nitrogens is 8. The van der Waals surface area contributed by atoms with E-state index in [4.69, 9.17) is 28.4 Å². The highest BCUT2D eigenvalue weighted by atomic mass is 79.9. The number of benzene rings is 1. The topological polar surface area (TPSA) is 197 Å². The third-order valence-electron chi connectivity index (χ3n) is 8.01. The standard InChI is InChI=1S/C31H31BrN8O9/c1-16(41)44-14-24-22(47-17(2)42)9-26(49-24)39-28-20(36-29(39)32)11-34-30(38-28)45-13-23-21(43)8-25(48-23)40-27-19(10-33-15-35-27)37-31(40)46-12-18-6-4-3-5-7-18/h3-7,10-11,15,21-26,43H,8-9,12-14H2,1-2H3/t21?,22?,23-,24-,25-,26-/m1/s1. The average molecular weight is 740 g/mol. The first-order chi connectivity index (χ1) is 23.7. The summed E-state index contributed by atoms with van der Waals surface area (Å²) >= 11 is 3.46. The van der Waals surface area contributed by atoms with E-state index in [-0.39, 0.29) is 44.7 Å². The number of esters is 2. The Bertz CT molecular complexity index is 1970. The van der Waals surface area contributed by atoms with Crippen molar-refractivity contribution in [2.24, 2.45) is 0 Å². The fourth-order valence-corrected chi connectivity index (χ4v) is 6.40. The molecule has 18 heteroatoms. The smallest absolute Gasteiger partial charge is 0.318 e. The lowest BCUT2D eigenvalue weighted by Gasteiger charge is -2.18. The van der Waals surface area contributed by atoms with Gasteiger partial charge in [0.25, 0.3) is 0 Å². The van der Waals surface area contributed by atoms with E-state index in [2.05, 4.69) is 45.8 Å². The van der Waals surface area contributed by atoms with Gasteiger partial charge >= 0.3 is 24.0 Å². The fourth-order valence-electron chi connectivity index (χ4n) is 5.81. The summed E-state index contributed by atoms with van der Waals surface area (Å²) in [6.45, 7) is 2.70. The minimum Gasteiger partial charge on any atom is -0.463 e. The molecule has 2 aliphatic heterocycles. The Morgan fingerprint density at radius 2 is 1.67 bits per heavy atom. The van der Waals surface area contributed by atoms with Gasteiger partial charge in [0.15, 0.2) is 16.0 Å². The van der Waals surface area contributed by atoms with Crippen molar-refractivity contribution >= 4 is 50.2 Å². The lowest BCUT2D eigenvalue weighted by molar-refractivity contribution is -0.155. The third-order valence-corrected chi connectivity index (χ3v) is 8.57. The van der Waals surface area contributed by atoms with E-state index in [1.54, 1.807) is 15.3 Å². The fraction of sp³-hybridized carbons (Fsp3) is 0.419. The summed E-state index contributed by atoms with van der Waals surface area (Å²) in [6, 6.07) is 9.97. The first kappa shape index (κ1) is 32.8. The van der Waals surface area contributed by atoms with Crippen LogP contribution in [0, 0.1) is 0 Å². The molecule has 6 atom stereocenters. The highest BCUT2D eigenvalue weighted by molar-refractivity contribution is 9.10. The van der Waals surface area contributed by atoms with Crippen LogP contribution >= 0.6 is 15.9 Å². The Labute approximate surface area is 286 Å². The van der Waals surface area contributed by atoms with Crippen molar-refractivity contribution in [1.82, 2.24) is 39.0 Å². The molecule has 1 aromatic carbocycles. The molecule has 256 valence electrons. The highest BCUT2D eigenvalue weighted by Crippen LogP contribution is 2.37. The molecule has 1 N–H and O–H groups in total. The number of carbonyl (C=O) groups is 2. The largest absolute Gasteiger partial charge is 0.463 e. The maximum absolute atomic E-state index is 11.8. The van der Waals surface area contributed by atoms with Gasteiger partial charge in [-0.15, -0.1) is 0 Å². The Kier molecular flexibility index (Phi) is 9.35. The average Bonchev–Trinajstić information content (AvgIpc) is 3.83. The van der Waals surface area contributed by atoms with E-state index in [0.29, 0.717) is 27.1 Å². The molecule has 0 spiro atoms. The molecule has 0 bridgehead atoms. The van der Waals surface area contributed by atoms with E-state index in [9.17, 15) is 14.7 Å². The number of aliphatic hydroxyl groups excluding tert-OH is 1. The molecule has 7 rings (SSSR count). The van der Waals surface area contributed by atoms with Crippen LogP contribution in [0.25, 0.3) is 22.3 Å². The normalized spacial score (nSPS) is 23.6. The Hall–Kier alpha value is -4.78. The minimum absolute atomic E-state index is 0.0131. The predicted octanol–water partition coefficient (Wildman–Crippen LogP) is 2.82. The number of carbonyl (C=O) groups excluding carboxylic acids is 2. The molecule has 2 aliphatic rings. The van der Waals surface area contributed by atoms with Crippen LogP contribution in [0.4, 0.5) is 0 Å². The third kappa shape index (κ3) is 7.03. The molecule has 2 fully saturated rings. The highest BCUT2D eigenvalue weighted by Gasteiger charge is 2.41. The first-order valence-corrected chi connectivity index (χ1v) is 16.2. The van der Waals surface area contributed by atoms with Crippen LogP contribution in [-0.2, 0) is 35.1 Å². The zero-order valence-electron chi connectivity index (χ0n) is 26.3. The number of halogens is 1. The van der Waals surface area contributed by atoms with Crippen LogP contribution in [-0.4, -0.2) is 93.7 Å². The summed E-state index contributed by atoms with van der Waals surface area (Å²) in [5.74, 6) is -0.970. The molecule has 2 saturated heterocycles. The van der Waals surface area contributed by atoms with Gasteiger partial charge < -0.3 is 33.5 Å². The monoisotopic (exact) mass is 738 g/mol. The van der Waals surface area contributed by atoms with Crippen molar-refractivity contribution in [1.29, 1.82) is 0 Å². The number of imidazole rings is 2. The van der Waals surface area contributed by atoms with Crippen molar-refractivity contribution in [2.75, 3.05) is 13.2 Å². The van der Waals surface area contributed by atoms with Crippen LogP contribution in [0.2, 0.25) is 0 Å². The number of hydrogen-bond donors (Lipinski definition) is 1. The molecule has 5 aromatic rings. The van der Waals surface area contributed by atoms with Crippen molar-refractivity contribution in [2.45, 2.75) is 70.2 Å². The Morgan fingerprint density at radius 1 is 0.898 bits per heavy atom. The Morgan fingerprint density at radius 3 is 2.47 bits per heavy atom. The summed E-state index contributed by atoms with van der Waals surface area (Å²) < 4.78 is 38.8. The number of aliphatic hydroxyl groups is 1. The minimum atomic E-state index is -0.895. The molecule has 6 heterocycles. The van der Waals surface area contributed by atoms with Crippen LogP contribution in [0.15, 0.2) is 53.8 Å². The lowest BCUT2D eigenvalue weighted by Crippen LogP contribution is -2.31. The van der Waals surface area contributed by atoms with Crippen molar-refractivity contribution in [3.8, 4) is 12.0 Å². The summed E-state index contributed by atoms with van der Waals surface area (Å²) in [5.41, 5.74) is 2.82.